The quantitative estimate of drug-likeness (QED) is 0.181. The van der Waals surface area contributed by atoms with Crippen molar-refractivity contribution in [2.24, 2.45) is 10.9 Å². The van der Waals surface area contributed by atoms with Gasteiger partial charge in [-0.05, 0) is 37.8 Å². The molecule has 0 aromatic carbocycles. The van der Waals surface area contributed by atoms with Crippen molar-refractivity contribution in [3.63, 3.8) is 0 Å². The number of nitrogens with zero attached hydrogens (tertiary/aromatic N) is 3. The normalized spacial score (nSPS) is 16.2. The Morgan fingerprint density at radius 2 is 1.93 bits per heavy atom. The highest BCUT2D eigenvalue weighted by atomic mass is 127. The van der Waals surface area contributed by atoms with Gasteiger partial charge in [0.1, 0.15) is 5.82 Å². The van der Waals surface area contributed by atoms with E-state index >= 15 is 0 Å². The summed E-state index contributed by atoms with van der Waals surface area (Å²) in [7, 11) is 0. The van der Waals surface area contributed by atoms with Gasteiger partial charge in [0.25, 0.3) is 0 Å². The molecule has 1 unspecified atom stereocenters. The van der Waals surface area contributed by atoms with Gasteiger partial charge in [0.15, 0.2) is 5.96 Å². The van der Waals surface area contributed by atoms with Crippen LogP contribution in [0.25, 0.3) is 0 Å². The van der Waals surface area contributed by atoms with Crippen molar-refractivity contribution in [1.29, 1.82) is 0 Å². The van der Waals surface area contributed by atoms with Crippen molar-refractivity contribution in [2.75, 3.05) is 57.8 Å². The summed E-state index contributed by atoms with van der Waals surface area (Å²) in [5, 5.41) is 10.2. The lowest BCUT2D eigenvalue weighted by atomic mass is 10.0. The first kappa shape index (κ1) is 25.9. The molecule has 1 atom stereocenters. The molecule has 3 N–H and O–H groups in total. The molecule has 0 radical (unpaired) electrons. The van der Waals surface area contributed by atoms with Gasteiger partial charge in [-0.2, -0.15) is 0 Å². The molecule has 1 saturated heterocycles. The molecule has 8 heteroatoms. The largest absolute Gasteiger partial charge is 0.379 e. The molecular weight excluding hydrogens is 479 g/mol. The van der Waals surface area contributed by atoms with Crippen molar-refractivity contribution >= 4 is 35.8 Å². The van der Waals surface area contributed by atoms with Gasteiger partial charge in [0, 0.05) is 45.0 Å². The summed E-state index contributed by atoms with van der Waals surface area (Å²) >= 11 is 0. The third-order valence-electron chi connectivity index (χ3n) is 4.93. The Bertz CT molecular complexity index is 551. The maximum Gasteiger partial charge on any atom is 0.191 e. The second kappa shape index (κ2) is 15.7. The molecular formula is C21H39IN6O. The number of unbranched alkanes of at least 4 members (excludes halogenated alkanes) is 1. The second-order valence-electron chi connectivity index (χ2n) is 7.45. The van der Waals surface area contributed by atoms with E-state index in [-0.39, 0.29) is 24.0 Å². The molecule has 0 aliphatic carbocycles. The number of nitrogens with one attached hydrogen (secondary N) is 3. The molecule has 166 valence electrons. The number of ether oxygens (including phenoxy) is 1. The first-order valence-electron chi connectivity index (χ1n) is 10.7. The van der Waals surface area contributed by atoms with E-state index < -0.39 is 0 Å². The van der Waals surface area contributed by atoms with E-state index in [4.69, 9.17) is 9.73 Å². The zero-order valence-electron chi connectivity index (χ0n) is 18.2. The van der Waals surface area contributed by atoms with E-state index in [1.807, 2.05) is 24.4 Å². The van der Waals surface area contributed by atoms with Gasteiger partial charge in [0.05, 0.1) is 19.8 Å². The highest BCUT2D eigenvalue weighted by molar-refractivity contribution is 14.0. The molecule has 1 aromatic rings. The summed E-state index contributed by atoms with van der Waals surface area (Å²) in [5.41, 5.74) is 0. The van der Waals surface area contributed by atoms with Gasteiger partial charge in [-0.15, -0.1) is 24.0 Å². The number of rotatable bonds is 11. The van der Waals surface area contributed by atoms with Crippen LogP contribution in [0.1, 0.15) is 33.6 Å². The average molecular weight is 518 g/mol. The zero-order chi connectivity index (χ0) is 20.0. The van der Waals surface area contributed by atoms with Crippen LogP contribution in [0.4, 0.5) is 5.82 Å². The lowest BCUT2D eigenvalue weighted by Crippen LogP contribution is -2.48. The SMILES string of the molecule is CCNC(=NCC(C(C)C)N1CCOCC1)NCCCCNc1ccccn1.I. The van der Waals surface area contributed by atoms with Crippen molar-refractivity contribution in [3.05, 3.63) is 24.4 Å². The first-order chi connectivity index (χ1) is 13.7. The zero-order valence-corrected chi connectivity index (χ0v) is 20.5. The molecule has 0 bridgehead atoms. The summed E-state index contributed by atoms with van der Waals surface area (Å²) in [5.74, 6) is 2.43. The van der Waals surface area contributed by atoms with Crippen molar-refractivity contribution in [3.8, 4) is 0 Å². The van der Waals surface area contributed by atoms with Crippen LogP contribution >= 0.6 is 24.0 Å². The summed E-state index contributed by atoms with van der Waals surface area (Å²) in [4.78, 5) is 11.7. The number of anilines is 1. The molecule has 7 nitrogen and oxygen atoms in total. The maximum atomic E-state index is 5.50. The van der Waals surface area contributed by atoms with Gasteiger partial charge in [-0.1, -0.05) is 19.9 Å². The highest BCUT2D eigenvalue weighted by Crippen LogP contribution is 2.13. The smallest absolute Gasteiger partial charge is 0.191 e. The molecule has 1 aliphatic heterocycles. The average Bonchev–Trinajstić information content (AvgIpc) is 2.72. The lowest BCUT2D eigenvalue weighted by Gasteiger charge is -2.36. The van der Waals surface area contributed by atoms with E-state index in [9.17, 15) is 0 Å². The van der Waals surface area contributed by atoms with Gasteiger partial charge in [-0.25, -0.2) is 4.98 Å². The number of aromatic nitrogens is 1. The van der Waals surface area contributed by atoms with Gasteiger partial charge >= 0.3 is 0 Å². The van der Waals surface area contributed by atoms with Crippen LogP contribution in [0.3, 0.4) is 0 Å². The summed E-state index contributed by atoms with van der Waals surface area (Å²) in [6, 6.07) is 6.38. The molecule has 2 heterocycles. The third kappa shape index (κ3) is 10.5. The molecule has 2 rings (SSSR count). The molecule has 29 heavy (non-hydrogen) atoms. The number of morpholine rings is 1. The minimum absolute atomic E-state index is 0. The fourth-order valence-corrected chi connectivity index (χ4v) is 3.32. The maximum absolute atomic E-state index is 5.50. The number of pyridine rings is 1. The van der Waals surface area contributed by atoms with E-state index in [0.29, 0.717) is 12.0 Å². The number of guanidine groups is 1. The fourth-order valence-electron chi connectivity index (χ4n) is 3.32. The molecule has 0 spiro atoms. The summed E-state index contributed by atoms with van der Waals surface area (Å²) in [6.45, 7) is 13.9. The van der Waals surface area contributed by atoms with E-state index in [2.05, 4.69) is 46.6 Å². The van der Waals surface area contributed by atoms with Crippen LogP contribution in [0.5, 0.6) is 0 Å². The standard InChI is InChI=1S/C21H38N6O.HI/c1-4-22-21(25-12-8-7-11-24-20-9-5-6-10-23-20)26-17-19(18(2)3)27-13-15-28-16-14-27;/h5-6,9-10,18-19H,4,7-8,11-17H2,1-3H3,(H,23,24)(H2,22,25,26);1H. The highest BCUT2D eigenvalue weighted by Gasteiger charge is 2.23. The Morgan fingerprint density at radius 3 is 2.59 bits per heavy atom. The molecule has 1 fully saturated rings. The van der Waals surface area contributed by atoms with E-state index in [1.54, 1.807) is 0 Å². The fraction of sp³-hybridized carbons (Fsp3) is 0.714. The Kier molecular flexibility index (Phi) is 14.0. The van der Waals surface area contributed by atoms with Crippen LogP contribution in [0, 0.1) is 5.92 Å². The number of hydrogen-bond donors (Lipinski definition) is 3. The van der Waals surface area contributed by atoms with Crippen LogP contribution < -0.4 is 16.0 Å². The minimum atomic E-state index is 0. The molecule has 1 aliphatic rings. The van der Waals surface area contributed by atoms with E-state index in [1.165, 1.54) is 0 Å². The Morgan fingerprint density at radius 1 is 1.17 bits per heavy atom. The molecule has 1 aromatic heterocycles. The van der Waals surface area contributed by atoms with E-state index in [0.717, 1.165) is 77.1 Å². The van der Waals surface area contributed by atoms with Crippen molar-refractivity contribution in [2.45, 2.75) is 39.7 Å². The lowest BCUT2D eigenvalue weighted by molar-refractivity contribution is 0.00867. The van der Waals surface area contributed by atoms with Gasteiger partial charge in [0.2, 0.25) is 0 Å². The Labute approximate surface area is 193 Å². The monoisotopic (exact) mass is 518 g/mol. The molecule has 0 amide bonds. The summed E-state index contributed by atoms with van der Waals surface area (Å²) in [6.07, 6.45) is 3.98. The van der Waals surface area contributed by atoms with Crippen molar-refractivity contribution < 1.29 is 4.74 Å². The summed E-state index contributed by atoms with van der Waals surface area (Å²) < 4.78 is 5.50. The molecule has 0 saturated carbocycles. The van der Waals surface area contributed by atoms with Gasteiger partial charge < -0.3 is 20.7 Å². The first-order valence-corrected chi connectivity index (χ1v) is 10.7. The van der Waals surface area contributed by atoms with Crippen LogP contribution in [0.15, 0.2) is 29.4 Å². The topological polar surface area (TPSA) is 73.8 Å². The number of hydrogen-bond acceptors (Lipinski definition) is 5. The second-order valence-corrected chi connectivity index (χ2v) is 7.45. The van der Waals surface area contributed by atoms with Gasteiger partial charge in [-0.3, -0.25) is 9.89 Å². The predicted octanol–water partition coefficient (Wildman–Crippen LogP) is 2.80. The van der Waals surface area contributed by atoms with Crippen molar-refractivity contribution in [1.82, 2.24) is 20.5 Å². The third-order valence-corrected chi connectivity index (χ3v) is 4.93. The van der Waals surface area contributed by atoms with Crippen LogP contribution in [0.2, 0.25) is 0 Å². The minimum Gasteiger partial charge on any atom is -0.379 e. The Balaban J connectivity index is 0.00000420. The van der Waals surface area contributed by atoms with Crippen LogP contribution in [-0.4, -0.2) is 74.4 Å². The number of aliphatic imine (C=N–C) groups is 1. The van der Waals surface area contributed by atoms with Crippen LogP contribution in [-0.2, 0) is 4.74 Å². The predicted molar refractivity (Wildman–Crippen MR) is 132 cm³/mol. The number of halogens is 1. The Hall–Kier alpha value is -1.13.